The van der Waals surface area contributed by atoms with Crippen molar-refractivity contribution in [2.75, 3.05) is 0 Å². The Morgan fingerprint density at radius 2 is 2.08 bits per heavy atom. The van der Waals surface area contributed by atoms with Crippen LogP contribution in [0, 0.1) is 24.0 Å². The minimum Gasteiger partial charge on any atom is -0.387 e. The molecule has 68 valence electrons. The fourth-order valence-electron chi connectivity index (χ4n) is 0.949. The van der Waals surface area contributed by atoms with Gasteiger partial charge in [0.05, 0.1) is 6.10 Å². The first kappa shape index (κ1) is 9.69. The molecule has 13 heavy (non-hydrogen) atoms. The molecule has 0 fully saturated rings. The van der Waals surface area contributed by atoms with E-state index in [4.69, 9.17) is 6.42 Å². The largest absolute Gasteiger partial charge is 0.387 e. The lowest BCUT2D eigenvalue weighted by atomic mass is 10.1. The molecule has 0 spiro atoms. The van der Waals surface area contributed by atoms with Gasteiger partial charge in [-0.3, -0.25) is 0 Å². The molecule has 1 unspecified atom stereocenters. The van der Waals surface area contributed by atoms with Crippen LogP contribution in [0.5, 0.6) is 0 Å². The molecule has 1 aromatic carbocycles. The third kappa shape index (κ3) is 2.27. The van der Waals surface area contributed by atoms with Gasteiger partial charge in [-0.15, -0.1) is 12.3 Å². The Balaban J connectivity index is 2.91. The summed E-state index contributed by atoms with van der Waals surface area (Å²) >= 11 is 0. The van der Waals surface area contributed by atoms with E-state index in [1.807, 2.05) is 0 Å². The zero-order valence-corrected chi connectivity index (χ0v) is 6.80. The molecule has 0 heterocycles. The quantitative estimate of drug-likeness (QED) is 0.694. The maximum Gasteiger partial charge on any atom is 0.159 e. The van der Waals surface area contributed by atoms with Crippen LogP contribution >= 0.6 is 0 Å². The van der Waals surface area contributed by atoms with Gasteiger partial charge < -0.3 is 5.11 Å². The zero-order chi connectivity index (χ0) is 9.84. The van der Waals surface area contributed by atoms with E-state index in [0.717, 1.165) is 12.1 Å². The average Bonchev–Trinajstić information content (AvgIpc) is 2.10. The predicted octanol–water partition coefficient (Wildman–Crippen LogP) is 2.02. The molecule has 1 atom stereocenters. The summed E-state index contributed by atoms with van der Waals surface area (Å²) in [5, 5.41) is 9.30. The second-order valence-corrected chi connectivity index (χ2v) is 2.60. The fraction of sp³-hybridized carbons (Fsp3) is 0.200. The molecule has 3 heteroatoms. The molecule has 0 amide bonds. The molecule has 1 N–H and O–H groups in total. The van der Waals surface area contributed by atoms with Crippen molar-refractivity contribution in [1.82, 2.24) is 0 Å². The van der Waals surface area contributed by atoms with Gasteiger partial charge in [-0.2, -0.15) is 0 Å². The summed E-state index contributed by atoms with van der Waals surface area (Å²) in [6, 6.07) is 3.21. The van der Waals surface area contributed by atoms with E-state index in [1.165, 1.54) is 6.07 Å². The normalized spacial score (nSPS) is 12.2. The standard InChI is InChI=1S/C10H8F2O/c1-2-3-10(13)7-4-5-8(11)9(12)6-7/h1,4-6,10,13H,3H2. The van der Waals surface area contributed by atoms with Crippen molar-refractivity contribution in [1.29, 1.82) is 0 Å². The van der Waals surface area contributed by atoms with Crippen LogP contribution in [0.2, 0.25) is 0 Å². The average molecular weight is 182 g/mol. The highest BCUT2D eigenvalue weighted by molar-refractivity contribution is 5.21. The van der Waals surface area contributed by atoms with E-state index in [-0.39, 0.29) is 12.0 Å². The van der Waals surface area contributed by atoms with E-state index >= 15 is 0 Å². The van der Waals surface area contributed by atoms with Crippen LogP contribution in [-0.4, -0.2) is 5.11 Å². The lowest BCUT2D eigenvalue weighted by Gasteiger charge is -2.06. The third-order valence-corrected chi connectivity index (χ3v) is 1.64. The van der Waals surface area contributed by atoms with Crippen LogP contribution in [0.1, 0.15) is 18.1 Å². The van der Waals surface area contributed by atoms with Gasteiger partial charge in [-0.05, 0) is 17.7 Å². The minimum atomic E-state index is -0.978. The Labute approximate surface area is 75.0 Å². The topological polar surface area (TPSA) is 20.2 Å². The van der Waals surface area contributed by atoms with E-state index in [9.17, 15) is 13.9 Å². The summed E-state index contributed by atoms with van der Waals surface area (Å²) in [5.74, 6) is 0.322. The summed E-state index contributed by atoms with van der Waals surface area (Å²) in [6.45, 7) is 0. The van der Waals surface area contributed by atoms with Crippen LogP contribution in [0.15, 0.2) is 18.2 Å². The number of terminal acetylenes is 1. The van der Waals surface area contributed by atoms with Gasteiger partial charge in [0, 0.05) is 6.42 Å². The number of benzene rings is 1. The van der Waals surface area contributed by atoms with Crippen molar-refractivity contribution in [2.24, 2.45) is 0 Å². The lowest BCUT2D eigenvalue weighted by Crippen LogP contribution is -1.97. The summed E-state index contributed by atoms with van der Waals surface area (Å²) in [5.41, 5.74) is 0.289. The zero-order valence-electron chi connectivity index (χ0n) is 6.80. The number of halogens is 2. The molecule has 0 bridgehead atoms. The molecule has 0 saturated carbocycles. The summed E-state index contributed by atoms with van der Waals surface area (Å²) < 4.78 is 25.1. The number of aliphatic hydroxyl groups is 1. The van der Waals surface area contributed by atoms with E-state index in [2.05, 4.69) is 5.92 Å². The molecule has 0 saturated heterocycles. The van der Waals surface area contributed by atoms with Crippen LogP contribution in [0.3, 0.4) is 0 Å². The highest BCUT2D eigenvalue weighted by Gasteiger charge is 2.09. The smallest absolute Gasteiger partial charge is 0.159 e. The Hall–Kier alpha value is -1.40. The maximum absolute atomic E-state index is 12.6. The van der Waals surface area contributed by atoms with E-state index in [0.29, 0.717) is 0 Å². The van der Waals surface area contributed by atoms with Crippen LogP contribution in [-0.2, 0) is 0 Å². The van der Waals surface area contributed by atoms with Crippen LogP contribution in [0.25, 0.3) is 0 Å². The molecule has 0 aliphatic heterocycles. The molecular weight excluding hydrogens is 174 g/mol. The maximum atomic E-state index is 12.6. The molecular formula is C10H8F2O. The van der Waals surface area contributed by atoms with E-state index < -0.39 is 17.7 Å². The first-order valence-corrected chi connectivity index (χ1v) is 3.71. The van der Waals surface area contributed by atoms with Gasteiger partial charge in [-0.1, -0.05) is 6.07 Å². The van der Waals surface area contributed by atoms with E-state index in [1.54, 1.807) is 0 Å². The second-order valence-electron chi connectivity index (χ2n) is 2.60. The summed E-state index contributed by atoms with van der Waals surface area (Å²) in [4.78, 5) is 0. The van der Waals surface area contributed by atoms with Gasteiger partial charge in [0.15, 0.2) is 11.6 Å². The third-order valence-electron chi connectivity index (χ3n) is 1.64. The van der Waals surface area contributed by atoms with Gasteiger partial charge in [0.1, 0.15) is 0 Å². The summed E-state index contributed by atoms with van der Waals surface area (Å²) in [7, 11) is 0. The van der Waals surface area contributed by atoms with Crippen molar-refractivity contribution in [3.63, 3.8) is 0 Å². The minimum absolute atomic E-state index is 0.0884. The molecule has 0 aliphatic carbocycles. The number of hydrogen-bond donors (Lipinski definition) is 1. The number of hydrogen-bond acceptors (Lipinski definition) is 1. The lowest BCUT2D eigenvalue weighted by molar-refractivity contribution is 0.183. The highest BCUT2D eigenvalue weighted by atomic mass is 19.2. The monoisotopic (exact) mass is 182 g/mol. The summed E-state index contributed by atoms with van der Waals surface area (Å²) in [6.07, 6.45) is 4.11. The fourth-order valence-corrected chi connectivity index (χ4v) is 0.949. The Bertz CT molecular complexity index is 341. The Morgan fingerprint density at radius 3 is 2.62 bits per heavy atom. The van der Waals surface area contributed by atoms with Crippen molar-refractivity contribution in [3.8, 4) is 12.3 Å². The molecule has 1 aromatic rings. The highest BCUT2D eigenvalue weighted by Crippen LogP contribution is 2.18. The predicted molar refractivity (Wildman–Crippen MR) is 44.8 cm³/mol. The van der Waals surface area contributed by atoms with Crippen LogP contribution < -0.4 is 0 Å². The number of aliphatic hydroxyl groups excluding tert-OH is 1. The second kappa shape index (κ2) is 4.01. The first-order chi connectivity index (χ1) is 6.15. The molecule has 1 rings (SSSR count). The van der Waals surface area contributed by atoms with Gasteiger partial charge in [0.25, 0.3) is 0 Å². The van der Waals surface area contributed by atoms with Gasteiger partial charge in [0.2, 0.25) is 0 Å². The molecule has 0 aliphatic rings. The van der Waals surface area contributed by atoms with Crippen molar-refractivity contribution in [2.45, 2.75) is 12.5 Å². The first-order valence-electron chi connectivity index (χ1n) is 3.71. The molecule has 0 aromatic heterocycles. The molecule has 0 radical (unpaired) electrons. The van der Waals surface area contributed by atoms with Crippen molar-refractivity contribution in [3.05, 3.63) is 35.4 Å². The van der Waals surface area contributed by atoms with Crippen molar-refractivity contribution < 1.29 is 13.9 Å². The Kier molecular flexibility index (Phi) is 2.99. The van der Waals surface area contributed by atoms with Crippen LogP contribution in [0.4, 0.5) is 8.78 Å². The number of rotatable bonds is 2. The van der Waals surface area contributed by atoms with Crippen molar-refractivity contribution >= 4 is 0 Å². The SMILES string of the molecule is C#CCC(O)c1ccc(F)c(F)c1. The van der Waals surface area contributed by atoms with Gasteiger partial charge in [-0.25, -0.2) is 8.78 Å². The molecule has 1 nitrogen and oxygen atoms in total. The Morgan fingerprint density at radius 1 is 1.38 bits per heavy atom. The van der Waals surface area contributed by atoms with Gasteiger partial charge >= 0.3 is 0 Å².